The first kappa shape index (κ1) is 16.2. The number of furan rings is 1. The van der Waals surface area contributed by atoms with E-state index in [1.165, 1.54) is 0 Å². The Bertz CT molecular complexity index is 1580. The fraction of sp³-hybridized carbons (Fsp3) is 0.0800. The van der Waals surface area contributed by atoms with Crippen molar-refractivity contribution in [2.75, 3.05) is 0 Å². The molecule has 138 valence electrons. The summed E-state index contributed by atoms with van der Waals surface area (Å²) in [5.74, 6) is 0. The van der Waals surface area contributed by atoms with Crippen LogP contribution in [-0.2, 0) is 0 Å². The molecule has 29 heavy (non-hydrogen) atoms. The minimum atomic E-state index is 0.858. The predicted octanol–water partition coefficient (Wildman–Crippen LogP) is 6.36. The van der Waals surface area contributed by atoms with Gasteiger partial charge in [-0.2, -0.15) is 0 Å². The summed E-state index contributed by atoms with van der Waals surface area (Å²) in [7, 11) is 0. The highest BCUT2D eigenvalue weighted by atomic mass is 16.3. The number of benzene rings is 3. The Hall–Kier alpha value is -3.79. The number of hydrogen-bond donors (Lipinski definition) is 0. The Morgan fingerprint density at radius 2 is 1.55 bits per heavy atom. The fourth-order valence-corrected chi connectivity index (χ4v) is 4.31. The number of para-hydroxylation sites is 2. The van der Waals surface area contributed by atoms with Gasteiger partial charge in [0.2, 0.25) is 0 Å². The van der Waals surface area contributed by atoms with Gasteiger partial charge in [0.05, 0.1) is 11.2 Å². The van der Waals surface area contributed by atoms with Crippen LogP contribution in [-0.4, -0.2) is 15.0 Å². The van der Waals surface area contributed by atoms with E-state index in [1.807, 2.05) is 31.3 Å². The Labute approximate surface area is 166 Å². The molecular formula is C25H17N3O. The summed E-state index contributed by atoms with van der Waals surface area (Å²) in [6, 6.07) is 18.6. The van der Waals surface area contributed by atoms with Crippen LogP contribution >= 0.6 is 0 Å². The molecule has 3 aromatic carbocycles. The molecule has 0 unspecified atom stereocenters. The normalized spacial score (nSPS) is 11.8. The van der Waals surface area contributed by atoms with Gasteiger partial charge in [0.15, 0.2) is 0 Å². The third-order valence-electron chi connectivity index (χ3n) is 5.70. The number of fused-ring (bicyclic) bond motifs is 6. The average Bonchev–Trinajstić information content (AvgIpc) is 3.14. The molecule has 3 aromatic heterocycles. The van der Waals surface area contributed by atoms with E-state index in [4.69, 9.17) is 4.42 Å². The molecule has 4 nitrogen and oxygen atoms in total. The van der Waals surface area contributed by atoms with Crippen molar-refractivity contribution in [1.82, 2.24) is 15.0 Å². The molecule has 0 aliphatic carbocycles. The first-order valence-electron chi connectivity index (χ1n) is 9.62. The van der Waals surface area contributed by atoms with Gasteiger partial charge in [-0.05, 0) is 37.6 Å². The van der Waals surface area contributed by atoms with Crippen LogP contribution in [0, 0.1) is 13.8 Å². The second kappa shape index (κ2) is 5.85. The van der Waals surface area contributed by atoms with Gasteiger partial charge in [-0.25, -0.2) is 9.97 Å². The summed E-state index contributed by atoms with van der Waals surface area (Å²) >= 11 is 0. The van der Waals surface area contributed by atoms with Gasteiger partial charge in [-0.3, -0.25) is 4.98 Å². The number of aryl methyl sites for hydroxylation is 2. The lowest BCUT2D eigenvalue weighted by atomic mass is 9.98. The quantitative estimate of drug-likeness (QED) is 0.314. The molecule has 0 spiro atoms. The van der Waals surface area contributed by atoms with Crippen molar-refractivity contribution in [3.63, 3.8) is 0 Å². The van der Waals surface area contributed by atoms with Crippen LogP contribution in [0.5, 0.6) is 0 Å². The van der Waals surface area contributed by atoms with Gasteiger partial charge in [0.1, 0.15) is 17.5 Å². The summed E-state index contributed by atoms with van der Waals surface area (Å²) in [6.07, 6.45) is 3.56. The molecule has 0 fully saturated rings. The number of hydrogen-bond acceptors (Lipinski definition) is 4. The number of aromatic nitrogens is 3. The first-order chi connectivity index (χ1) is 14.2. The number of nitrogens with zero attached hydrogens (tertiary/aromatic N) is 3. The van der Waals surface area contributed by atoms with Crippen LogP contribution < -0.4 is 0 Å². The van der Waals surface area contributed by atoms with E-state index in [9.17, 15) is 0 Å². The molecule has 0 aliphatic rings. The average molecular weight is 375 g/mol. The van der Waals surface area contributed by atoms with Crippen LogP contribution in [0.15, 0.2) is 71.5 Å². The zero-order chi connectivity index (χ0) is 19.5. The van der Waals surface area contributed by atoms with E-state index in [2.05, 4.69) is 58.3 Å². The lowest BCUT2D eigenvalue weighted by molar-refractivity contribution is 0.670. The van der Waals surface area contributed by atoms with E-state index < -0.39 is 0 Å². The zero-order valence-electron chi connectivity index (χ0n) is 16.1. The second-order valence-electron chi connectivity index (χ2n) is 7.41. The van der Waals surface area contributed by atoms with E-state index >= 15 is 0 Å². The van der Waals surface area contributed by atoms with Gasteiger partial charge >= 0.3 is 0 Å². The third kappa shape index (κ3) is 2.23. The van der Waals surface area contributed by atoms with Gasteiger partial charge in [-0.1, -0.05) is 36.4 Å². The smallest absolute Gasteiger partial charge is 0.144 e. The third-order valence-corrected chi connectivity index (χ3v) is 5.70. The minimum Gasteiger partial charge on any atom is -0.455 e. The molecule has 4 heteroatoms. The van der Waals surface area contributed by atoms with Gasteiger partial charge < -0.3 is 4.42 Å². The lowest BCUT2D eigenvalue weighted by Crippen LogP contribution is -1.94. The van der Waals surface area contributed by atoms with Gasteiger partial charge in [0, 0.05) is 44.4 Å². The highest BCUT2D eigenvalue weighted by Crippen LogP contribution is 2.38. The monoisotopic (exact) mass is 375 g/mol. The summed E-state index contributed by atoms with van der Waals surface area (Å²) < 4.78 is 6.25. The molecule has 0 saturated carbocycles. The molecule has 0 aliphatic heterocycles. The Morgan fingerprint density at radius 3 is 2.48 bits per heavy atom. The predicted molar refractivity (Wildman–Crippen MR) is 117 cm³/mol. The largest absolute Gasteiger partial charge is 0.455 e. The van der Waals surface area contributed by atoms with Crippen molar-refractivity contribution in [1.29, 1.82) is 0 Å². The summed E-state index contributed by atoms with van der Waals surface area (Å²) in [4.78, 5) is 13.8. The number of pyridine rings is 1. The van der Waals surface area contributed by atoms with Crippen LogP contribution in [0.25, 0.3) is 54.9 Å². The zero-order valence-corrected chi connectivity index (χ0v) is 16.1. The summed E-state index contributed by atoms with van der Waals surface area (Å²) in [6.45, 7) is 4.11. The number of rotatable bonds is 1. The van der Waals surface area contributed by atoms with Crippen molar-refractivity contribution in [3.8, 4) is 11.3 Å². The molecule has 0 radical (unpaired) electrons. The molecule has 0 bridgehead atoms. The fourth-order valence-electron chi connectivity index (χ4n) is 4.31. The van der Waals surface area contributed by atoms with Crippen molar-refractivity contribution >= 4 is 43.6 Å². The second-order valence-corrected chi connectivity index (χ2v) is 7.41. The van der Waals surface area contributed by atoms with E-state index in [-0.39, 0.29) is 0 Å². The maximum atomic E-state index is 6.25. The molecule has 0 N–H and O–H groups in total. The standard InChI is InChI=1S/C25H17N3O/c1-14-12-26-15(2)16-10-11-19-23(27-13-28-24(19)22(14)16)20-8-5-7-18-17-6-3-4-9-21(17)29-25(18)20/h3-13H,1-2H3. The molecule has 0 amide bonds. The Kier molecular flexibility index (Phi) is 3.27. The van der Waals surface area contributed by atoms with Gasteiger partial charge in [0.25, 0.3) is 0 Å². The highest BCUT2D eigenvalue weighted by molar-refractivity contribution is 6.14. The van der Waals surface area contributed by atoms with E-state index in [0.29, 0.717) is 0 Å². The van der Waals surface area contributed by atoms with E-state index in [0.717, 1.165) is 66.1 Å². The molecule has 0 atom stereocenters. The van der Waals surface area contributed by atoms with Gasteiger partial charge in [-0.15, -0.1) is 0 Å². The SMILES string of the molecule is Cc1ncc(C)c2c1ccc1c(-c3cccc4c3oc3ccccc34)ncnc12. The highest BCUT2D eigenvalue weighted by Gasteiger charge is 2.17. The van der Waals surface area contributed by atoms with E-state index in [1.54, 1.807) is 6.33 Å². The Balaban J connectivity index is 1.75. The minimum absolute atomic E-state index is 0.858. The summed E-state index contributed by atoms with van der Waals surface area (Å²) in [5, 5.41) is 5.49. The first-order valence-corrected chi connectivity index (χ1v) is 9.62. The molecule has 0 saturated heterocycles. The van der Waals surface area contributed by atoms with Crippen LogP contribution in [0.3, 0.4) is 0 Å². The van der Waals surface area contributed by atoms with Crippen molar-refractivity contribution in [2.24, 2.45) is 0 Å². The van der Waals surface area contributed by atoms with Crippen LogP contribution in [0.4, 0.5) is 0 Å². The molecule has 6 rings (SSSR count). The maximum absolute atomic E-state index is 6.25. The van der Waals surface area contributed by atoms with Crippen molar-refractivity contribution < 1.29 is 4.42 Å². The van der Waals surface area contributed by atoms with Crippen LogP contribution in [0.1, 0.15) is 11.3 Å². The molecule has 3 heterocycles. The molecular weight excluding hydrogens is 358 g/mol. The maximum Gasteiger partial charge on any atom is 0.144 e. The topological polar surface area (TPSA) is 51.8 Å². The van der Waals surface area contributed by atoms with Crippen molar-refractivity contribution in [2.45, 2.75) is 13.8 Å². The lowest BCUT2D eigenvalue weighted by Gasteiger charge is -2.11. The molecule has 6 aromatic rings. The summed E-state index contributed by atoms with van der Waals surface area (Å²) in [5.41, 5.74) is 6.68. The Morgan fingerprint density at radius 1 is 0.724 bits per heavy atom. The van der Waals surface area contributed by atoms with Crippen LogP contribution in [0.2, 0.25) is 0 Å². The van der Waals surface area contributed by atoms with Crippen molar-refractivity contribution in [3.05, 3.63) is 78.4 Å².